The number of hydrazine groups is 1. The van der Waals surface area contributed by atoms with Crippen molar-refractivity contribution in [2.45, 2.75) is 65.5 Å². The van der Waals surface area contributed by atoms with Gasteiger partial charge in [0.1, 0.15) is 6.04 Å². The fraction of sp³-hybridized carbons (Fsp3) is 0.667. The maximum atomic E-state index is 13.5. The lowest BCUT2D eigenvalue weighted by Gasteiger charge is -2.33. The quantitative estimate of drug-likeness (QED) is 0.0523. The lowest BCUT2D eigenvalue weighted by molar-refractivity contribution is -0.525. The Balaban J connectivity index is 3.14. The van der Waals surface area contributed by atoms with Crippen LogP contribution in [-0.2, 0) is 14.4 Å². The van der Waals surface area contributed by atoms with E-state index in [-0.39, 0.29) is 31.3 Å². The van der Waals surface area contributed by atoms with Crippen molar-refractivity contribution < 1.29 is 24.6 Å². The van der Waals surface area contributed by atoms with Crippen molar-refractivity contribution in [3.63, 3.8) is 0 Å². The van der Waals surface area contributed by atoms with Gasteiger partial charge in [-0.15, -0.1) is 11.3 Å². The van der Waals surface area contributed by atoms with Crippen LogP contribution in [0.2, 0.25) is 0 Å². The molecule has 1 aromatic rings. The van der Waals surface area contributed by atoms with Crippen molar-refractivity contribution in [1.29, 1.82) is 0 Å². The number of anilines is 1. The first-order chi connectivity index (χ1) is 17.0. The second kappa shape index (κ2) is 15.6. The average Bonchev–Trinajstić information content (AvgIpc) is 3.31. The van der Waals surface area contributed by atoms with Crippen molar-refractivity contribution in [2.75, 3.05) is 11.9 Å². The third kappa shape index (κ3) is 10.5. The molecule has 15 heteroatoms. The van der Waals surface area contributed by atoms with Crippen molar-refractivity contribution in [1.82, 2.24) is 20.8 Å². The third-order valence-electron chi connectivity index (χ3n) is 5.44. The van der Waals surface area contributed by atoms with Gasteiger partial charge >= 0.3 is 0 Å². The molecule has 1 rings (SSSR count). The van der Waals surface area contributed by atoms with E-state index in [4.69, 9.17) is 5.73 Å². The van der Waals surface area contributed by atoms with Crippen molar-refractivity contribution in [2.24, 2.45) is 28.5 Å². The van der Waals surface area contributed by atoms with Crippen molar-refractivity contribution in [3.05, 3.63) is 21.7 Å². The summed E-state index contributed by atoms with van der Waals surface area (Å²) >= 11 is 1.21. The molecule has 1 aromatic heterocycles. The molecule has 0 saturated carbocycles. The number of hydrogen-bond acceptors (Lipinski definition) is 9. The molecule has 14 nitrogen and oxygen atoms in total. The van der Waals surface area contributed by atoms with Gasteiger partial charge in [-0.1, -0.05) is 39.5 Å². The van der Waals surface area contributed by atoms with E-state index in [1.165, 1.54) is 17.5 Å². The molecule has 0 fully saturated rings. The Morgan fingerprint density at radius 1 is 1.33 bits per heavy atom. The van der Waals surface area contributed by atoms with E-state index in [1.807, 2.05) is 20.8 Å². The minimum Gasteiger partial charge on any atom is -0.365 e. The Kier molecular flexibility index (Phi) is 13.3. The minimum atomic E-state index is -1.01. The van der Waals surface area contributed by atoms with E-state index in [0.29, 0.717) is 29.5 Å². The van der Waals surface area contributed by atoms with E-state index in [1.54, 1.807) is 17.7 Å². The number of rotatable bonds is 16. The van der Waals surface area contributed by atoms with Crippen LogP contribution in [0.1, 0.15) is 53.4 Å². The number of aromatic nitrogens is 1. The molecule has 3 amide bonds. The first-order valence-electron chi connectivity index (χ1n) is 11.6. The van der Waals surface area contributed by atoms with Crippen LogP contribution in [-0.4, -0.2) is 63.1 Å². The number of guanidine groups is 1. The van der Waals surface area contributed by atoms with Crippen LogP contribution in [0.15, 0.2) is 16.6 Å². The molecule has 202 valence electrons. The van der Waals surface area contributed by atoms with Gasteiger partial charge in [0.15, 0.2) is 10.2 Å². The molecule has 0 bridgehead atoms. The predicted molar refractivity (Wildman–Crippen MR) is 134 cm³/mol. The molecule has 0 aliphatic carbocycles. The normalized spacial score (nSPS) is 14.9. The van der Waals surface area contributed by atoms with Crippen LogP contribution in [0.3, 0.4) is 0 Å². The van der Waals surface area contributed by atoms with E-state index in [9.17, 15) is 29.7 Å². The highest BCUT2D eigenvalue weighted by molar-refractivity contribution is 7.13. The molecular weight excluding hydrogens is 492 g/mol. The number of thiazole rings is 1. The highest BCUT2D eigenvalue weighted by Gasteiger charge is 2.36. The summed E-state index contributed by atoms with van der Waals surface area (Å²) in [4.78, 5) is 56.2. The van der Waals surface area contributed by atoms with Crippen LogP contribution in [0.25, 0.3) is 0 Å². The van der Waals surface area contributed by atoms with Crippen molar-refractivity contribution in [3.8, 4) is 0 Å². The first-order valence-corrected chi connectivity index (χ1v) is 12.5. The maximum Gasteiger partial charge on any atom is 0.251 e. The molecule has 0 aliphatic rings. The molecule has 0 saturated heterocycles. The summed E-state index contributed by atoms with van der Waals surface area (Å²) in [5, 5.41) is 27.8. The highest BCUT2D eigenvalue weighted by Crippen LogP contribution is 2.24. The van der Waals surface area contributed by atoms with Gasteiger partial charge in [-0.2, -0.15) is 0 Å². The summed E-state index contributed by atoms with van der Waals surface area (Å²) in [5.74, 6) is -2.50. The van der Waals surface area contributed by atoms with Gasteiger partial charge in [-0.3, -0.25) is 19.6 Å². The zero-order valence-corrected chi connectivity index (χ0v) is 21.7. The van der Waals surface area contributed by atoms with Gasteiger partial charge in [0.25, 0.3) is 5.96 Å². The number of amides is 3. The predicted octanol–water partition coefficient (Wildman–Crippen LogP) is 1.37. The third-order valence-corrected chi connectivity index (χ3v) is 6.13. The molecule has 0 spiro atoms. The Morgan fingerprint density at radius 3 is 2.56 bits per heavy atom. The summed E-state index contributed by atoms with van der Waals surface area (Å²) in [5.41, 5.74) is 7.18. The summed E-state index contributed by atoms with van der Waals surface area (Å²) < 4.78 is 0. The summed E-state index contributed by atoms with van der Waals surface area (Å²) in [7, 11) is 0. The first kappa shape index (κ1) is 30.7. The zero-order chi connectivity index (χ0) is 27.3. The highest BCUT2D eigenvalue weighted by atomic mass is 32.1. The number of hydroxylamine groups is 2. The van der Waals surface area contributed by atoms with Gasteiger partial charge in [0.2, 0.25) is 18.2 Å². The van der Waals surface area contributed by atoms with Crippen LogP contribution < -0.4 is 21.8 Å². The minimum absolute atomic E-state index is 0.0637. The topological polar surface area (TPSA) is 205 Å². The number of carbonyl (C=O) groups is 3. The van der Waals surface area contributed by atoms with Gasteiger partial charge in [-0.25, -0.2) is 25.2 Å². The lowest BCUT2D eigenvalue weighted by Crippen LogP contribution is -2.53. The van der Waals surface area contributed by atoms with Gasteiger partial charge in [0.05, 0.1) is 12.0 Å². The number of nitrogens with two attached hydrogens (primary N) is 1. The number of nitro groups is 1. The number of nitrogens with zero attached hydrogens (tertiary/aromatic N) is 4. The van der Waals surface area contributed by atoms with Gasteiger partial charge in [0, 0.05) is 18.1 Å². The standard InChI is InChI=1S/C21H36N8O6S/c1-5-6-16(28(33)12-30)15(11-13(2)3)18(31)25-17(19(32)26-21-24-9-10-36-21)14(4)7-8-23-20(22)27-29(34)35/h9-10,12-17,33H,5-8,11H2,1-4H3,(H,25,31)(H3,22,23,27)(H,24,26,32)/t14-,15+,16+,17+/m0/s1. The molecule has 6 N–H and O–H groups in total. The lowest BCUT2D eigenvalue weighted by atomic mass is 9.86. The zero-order valence-electron chi connectivity index (χ0n) is 20.9. The molecule has 0 aliphatic heterocycles. The van der Waals surface area contributed by atoms with Gasteiger partial charge in [-0.05, 0) is 31.1 Å². The van der Waals surface area contributed by atoms with Crippen molar-refractivity contribution >= 4 is 40.7 Å². The number of carbonyl (C=O) groups excluding carboxylic acids is 3. The average molecular weight is 529 g/mol. The Labute approximate surface area is 213 Å². The smallest absolute Gasteiger partial charge is 0.251 e. The Morgan fingerprint density at radius 2 is 2.03 bits per heavy atom. The van der Waals surface area contributed by atoms with E-state index in [0.717, 1.165) is 0 Å². The summed E-state index contributed by atoms with van der Waals surface area (Å²) in [6.45, 7) is 7.51. The summed E-state index contributed by atoms with van der Waals surface area (Å²) in [6.07, 6.45) is 3.47. The Hall–Kier alpha value is -3.33. The summed E-state index contributed by atoms with van der Waals surface area (Å²) in [6, 6.07) is -1.77. The number of nitrogens with one attached hydrogen (secondary N) is 3. The molecule has 4 atom stereocenters. The second-order valence-corrected chi connectivity index (χ2v) is 9.69. The second-order valence-electron chi connectivity index (χ2n) is 8.79. The number of hydrogen-bond donors (Lipinski definition) is 5. The fourth-order valence-corrected chi connectivity index (χ4v) is 4.25. The molecule has 36 heavy (non-hydrogen) atoms. The Bertz CT molecular complexity index is 882. The SMILES string of the molecule is CCC[C@H]([C@@H](CC(C)C)C(=O)N[C@@H](C(=O)Nc1nccs1)[C@@H](C)CCN=C(N)N[N+](=O)[O-])N(O)C=O. The molecule has 0 aromatic carbocycles. The van der Waals surface area contributed by atoms with Gasteiger partial charge < -0.3 is 16.4 Å². The number of aliphatic imine (C=N–C) groups is 1. The molecular formula is C21H36N8O6S. The van der Waals surface area contributed by atoms with Crippen LogP contribution >= 0.6 is 11.3 Å². The van der Waals surface area contributed by atoms with E-state index < -0.39 is 40.8 Å². The molecule has 0 unspecified atom stereocenters. The largest absolute Gasteiger partial charge is 0.365 e. The fourth-order valence-electron chi connectivity index (χ4n) is 3.72. The van der Waals surface area contributed by atoms with Crippen LogP contribution in [0.4, 0.5) is 5.13 Å². The van der Waals surface area contributed by atoms with E-state index in [2.05, 4.69) is 20.6 Å². The maximum absolute atomic E-state index is 13.5. The molecule has 0 radical (unpaired) electrons. The molecule has 1 heterocycles. The van der Waals surface area contributed by atoms with E-state index >= 15 is 0 Å². The monoisotopic (exact) mass is 528 g/mol. The van der Waals surface area contributed by atoms with Crippen LogP contribution in [0, 0.1) is 27.9 Å². The van der Waals surface area contributed by atoms with Crippen LogP contribution in [0.5, 0.6) is 0 Å².